The van der Waals surface area contributed by atoms with Crippen molar-refractivity contribution in [2.45, 2.75) is 19.9 Å². The number of hydrogen-bond acceptors (Lipinski definition) is 6. The molecule has 2 heterocycles. The van der Waals surface area contributed by atoms with E-state index in [-0.39, 0.29) is 5.91 Å². The summed E-state index contributed by atoms with van der Waals surface area (Å²) in [6.45, 7) is 3.50. The quantitative estimate of drug-likeness (QED) is 0.722. The number of aromatic nitrogens is 2. The third-order valence-corrected chi connectivity index (χ3v) is 2.90. The highest BCUT2D eigenvalue weighted by molar-refractivity contribution is 5.92. The van der Waals surface area contributed by atoms with Crippen LogP contribution >= 0.6 is 0 Å². The predicted octanol–water partition coefficient (Wildman–Crippen LogP) is 1.76. The van der Waals surface area contributed by atoms with Gasteiger partial charge in [0.25, 0.3) is 5.91 Å². The molecular formula is C15H20N4O3. The highest BCUT2D eigenvalue weighted by Crippen LogP contribution is 2.06. The van der Waals surface area contributed by atoms with Crippen molar-refractivity contribution in [3.63, 3.8) is 0 Å². The van der Waals surface area contributed by atoms with E-state index in [1.54, 1.807) is 31.6 Å². The molecule has 0 aliphatic carbocycles. The van der Waals surface area contributed by atoms with Crippen LogP contribution in [0.25, 0.3) is 0 Å². The van der Waals surface area contributed by atoms with Gasteiger partial charge in [-0.2, -0.15) is 0 Å². The third kappa shape index (κ3) is 4.85. The molecule has 0 aliphatic heterocycles. The van der Waals surface area contributed by atoms with Crippen LogP contribution in [0.5, 0.6) is 0 Å². The lowest BCUT2D eigenvalue weighted by molar-refractivity contribution is 0.0943. The maximum atomic E-state index is 12.1. The summed E-state index contributed by atoms with van der Waals surface area (Å²) in [6.07, 6.45) is 2.41. The molecule has 0 aliphatic rings. The van der Waals surface area contributed by atoms with Gasteiger partial charge in [0.1, 0.15) is 11.5 Å². The van der Waals surface area contributed by atoms with E-state index in [9.17, 15) is 4.79 Å². The van der Waals surface area contributed by atoms with Gasteiger partial charge in [-0.3, -0.25) is 4.79 Å². The molecule has 2 N–H and O–H groups in total. The number of rotatable bonds is 8. The van der Waals surface area contributed by atoms with Gasteiger partial charge >= 0.3 is 0 Å². The van der Waals surface area contributed by atoms with Gasteiger partial charge in [0.05, 0.1) is 12.8 Å². The number of methoxy groups -OCH3 is 1. The van der Waals surface area contributed by atoms with E-state index in [1.165, 1.54) is 0 Å². The summed E-state index contributed by atoms with van der Waals surface area (Å²) in [5.41, 5.74) is 1.06. The highest BCUT2D eigenvalue weighted by Gasteiger charge is 2.10. The monoisotopic (exact) mass is 304 g/mol. The van der Waals surface area contributed by atoms with E-state index in [1.807, 2.05) is 6.92 Å². The molecule has 0 bridgehead atoms. The van der Waals surface area contributed by atoms with E-state index in [2.05, 4.69) is 20.6 Å². The van der Waals surface area contributed by atoms with E-state index in [0.29, 0.717) is 37.1 Å². The Bertz CT molecular complexity index is 599. The van der Waals surface area contributed by atoms with Crippen LogP contribution < -0.4 is 10.6 Å². The van der Waals surface area contributed by atoms with Crippen LogP contribution in [0.3, 0.4) is 0 Å². The number of hydrogen-bond donors (Lipinski definition) is 2. The first-order valence-electron chi connectivity index (χ1n) is 7.08. The maximum Gasteiger partial charge on any atom is 0.270 e. The van der Waals surface area contributed by atoms with Crippen molar-refractivity contribution in [2.24, 2.45) is 0 Å². The van der Waals surface area contributed by atoms with E-state index in [4.69, 9.17) is 9.15 Å². The zero-order valence-electron chi connectivity index (χ0n) is 12.8. The molecule has 7 heteroatoms. The Morgan fingerprint density at radius 1 is 1.41 bits per heavy atom. The molecule has 7 nitrogen and oxygen atoms in total. The Morgan fingerprint density at radius 2 is 2.27 bits per heavy atom. The number of aryl methyl sites for hydroxylation is 1. The summed E-state index contributed by atoms with van der Waals surface area (Å²) < 4.78 is 10.2. The van der Waals surface area contributed by atoms with Crippen LogP contribution in [0.15, 0.2) is 28.9 Å². The van der Waals surface area contributed by atoms with Crippen LogP contribution in [-0.2, 0) is 11.3 Å². The van der Waals surface area contributed by atoms with Crippen molar-refractivity contribution < 1.29 is 13.9 Å². The molecular weight excluding hydrogens is 284 g/mol. The Labute approximate surface area is 129 Å². The first-order chi connectivity index (χ1) is 10.7. The van der Waals surface area contributed by atoms with E-state index in [0.717, 1.165) is 12.1 Å². The molecule has 1 amide bonds. The first-order valence-corrected chi connectivity index (χ1v) is 7.08. The second-order valence-corrected chi connectivity index (χ2v) is 4.75. The van der Waals surface area contributed by atoms with E-state index >= 15 is 0 Å². The van der Waals surface area contributed by atoms with E-state index < -0.39 is 0 Å². The second kappa shape index (κ2) is 8.14. The standard InChI is InChI=1S/C15H20N4O3/c1-11-9-13(14(20)17-10-12-5-3-8-22-12)19-15(18-11)16-6-4-7-21-2/h3,5,8-9H,4,6-7,10H2,1-2H3,(H,17,20)(H,16,18,19). The van der Waals surface area contributed by atoms with Crippen molar-refractivity contribution >= 4 is 11.9 Å². The van der Waals surface area contributed by atoms with Gasteiger partial charge in [-0.05, 0) is 31.5 Å². The molecule has 118 valence electrons. The number of anilines is 1. The summed E-state index contributed by atoms with van der Waals surface area (Å²) in [6, 6.07) is 5.23. The zero-order valence-corrected chi connectivity index (χ0v) is 12.8. The average molecular weight is 304 g/mol. The average Bonchev–Trinajstić information content (AvgIpc) is 3.02. The Morgan fingerprint density at radius 3 is 3.00 bits per heavy atom. The largest absolute Gasteiger partial charge is 0.467 e. The summed E-state index contributed by atoms with van der Waals surface area (Å²) in [5.74, 6) is 0.873. The van der Waals surface area contributed by atoms with Crippen molar-refractivity contribution in [1.29, 1.82) is 0 Å². The number of amides is 1. The Kier molecular flexibility index (Phi) is 5.91. The lowest BCUT2D eigenvalue weighted by Crippen LogP contribution is -2.24. The predicted molar refractivity (Wildman–Crippen MR) is 81.6 cm³/mol. The summed E-state index contributed by atoms with van der Waals surface area (Å²) in [4.78, 5) is 20.6. The molecule has 0 unspecified atom stereocenters. The molecule has 0 saturated carbocycles. The lowest BCUT2D eigenvalue weighted by Gasteiger charge is -2.08. The van der Waals surface area contributed by atoms with Gasteiger partial charge in [0.2, 0.25) is 5.95 Å². The van der Waals surface area contributed by atoms with Gasteiger partial charge < -0.3 is 19.8 Å². The van der Waals surface area contributed by atoms with Gasteiger partial charge in [-0.1, -0.05) is 0 Å². The molecule has 2 aromatic heterocycles. The van der Waals surface area contributed by atoms with Crippen LogP contribution in [0, 0.1) is 6.92 Å². The summed E-state index contributed by atoms with van der Waals surface area (Å²) in [5, 5.41) is 5.85. The number of ether oxygens (including phenoxy) is 1. The first kappa shape index (κ1) is 16.0. The minimum absolute atomic E-state index is 0.262. The topological polar surface area (TPSA) is 89.3 Å². The van der Waals surface area contributed by atoms with Crippen LogP contribution in [-0.4, -0.2) is 36.1 Å². The minimum atomic E-state index is -0.262. The molecule has 0 spiro atoms. The molecule has 0 atom stereocenters. The lowest BCUT2D eigenvalue weighted by atomic mass is 10.3. The van der Waals surface area contributed by atoms with Crippen molar-refractivity contribution in [2.75, 3.05) is 25.6 Å². The second-order valence-electron chi connectivity index (χ2n) is 4.75. The van der Waals surface area contributed by atoms with Crippen molar-refractivity contribution in [3.05, 3.63) is 41.6 Å². The molecule has 22 heavy (non-hydrogen) atoms. The summed E-state index contributed by atoms with van der Waals surface area (Å²) in [7, 11) is 1.66. The maximum absolute atomic E-state index is 12.1. The zero-order chi connectivity index (χ0) is 15.8. The molecule has 0 fully saturated rings. The van der Waals surface area contributed by atoms with Crippen molar-refractivity contribution in [3.8, 4) is 0 Å². The SMILES string of the molecule is COCCCNc1nc(C)cc(C(=O)NCc2ccco2)n1. The molecule has 0 saturated heterocycles. The van der Waals surface area contributed by atoms with Gasteiger partial charge in [-0.25, -0.2) is 9.97 Å². The van der Waals surface area contributed by atoms with Crippen molar-refractivity contribution in [1.82, 2.24) is 15.3 Å². The number of nitrogens with one attached hydrogen (secondary N) is 2. The fourth-order valence-corrected chi connectivity index (χ4v) is 1.85. The Balaban J connectivity index is 1.94. The Hall–Kier alpha value is -2.41. The summed E-state index contributed by atoms with van der Waals surface area (Å²) >= 11 is 0. The van der Waals surface area contributed by atoms with Gasteiger partial charge in [0.15, 0.2) is 0 Å². The smallest absolute Gasteiger partial charge is 0.270 e. The van der Waals surface area contributed by atoms with Crippen LogP contribution in [0.1, 0.15) is 28.4 Å². The number of carbonyl (C=O) groups is 1. The number of furan rings is 1. The number of nitrogens with zero attached hydrogens (tertiary/aromatic N) is 2. The van der Waals surface area contributed by atoms with Crippen LogP contribution in [0.2, 0.25) is 0 Å². The third-order valence-electron chi connectivity index (χ3n) is 2.90. The fourth-order valence-electron chi connectivity index (χ4n) is 1.85. The highest BCUT2D eigenvalue weighted by atomic mass is 16.5. The van der Waals surface area contributed by atoms with Crippen LogP contribution in [0.4, 0.5) is 5.95 Å². The molecule has 2 aromatic rings. The normalized spacial score (nSPS) is 10.5. The number of carbonyl (C=O) groups excluding carboxylic acids is 1. The van der Waals surface area contributed by atoms with Gasteiger partial charge in [0, 0.05) is 26.0 Å². The molecule has 0 aromatic carbocycles. The molecule has 0 radical (unpaired) electrons. The van der Waals surface area contributed by atoms with Gasteiger partial charge in [-0.15, -0.1) is 0 Å². The fraction of sp³-hybridized carbons (Fsp3) is 0.400. The molecule has 2 rings (SSSR count). The minimum Gasteiger partial charge on any atom is -0.467 e.